The van der Waals surface area contributed by atoms with E-state index in [0.29, 0.717) is 22.1 Å². The Morgan fingerprint density at radius 3 is 2.71 bits per heavy atom. The number of hydrogen-bond donors (Lipinski definition) is 2. The molecule has 4 rings (SSSR count). The zero-order valence-corrected chi connectivity index (χ0v) is 22.8. The summed E-state index contributed by atoms with van der Waals surface area (Å²) in [5.74, 6) is -2.83. The molecule has 2 atom stereocenters. The lowest BCUT2D eigenvalue weighted by Gasteiger charge is -2.33. The van der Waals surface area contributed by atoms with Crippen LogP contribution in [-0.4, -0.2) is 66.3 Å². The minimum absolute atomic E-state index is 0.0901. The number of thiophene rings is 1. The summed E-state index contributed by atoms with van der Waals surface area (Å²) in [7, 11) is -4.79. The predicted octanol–water partition coefficient (Wildman–Crippen LogP) is 2.41. The van der Waals surface area contributed by atoms with Gasteiger partial charge in [0.05, 0.1) is 11.4 Å². The highest BCUT2D eigenvalue weighted by Crippen LogP contribution is 2.26. The maximum Gasteiger partial charge on any atom is 0.288 e. The molecular formula is C26H30N4O6S2. The fraction of sp³-hybridized carbons (Fsp3) is 0.423. The summed E-state index contributed by atoms with van der Waals surface area (Å²) >= 11 is 1.26. The second kappa shape index (κ2) is 11.7. The van der Waals surface area contributed by atoms with Crippen molar-refractivity contribution in [1.29, 1.82) is 0 Å². The van der Waals surface area contributed by atoms with Gasteiger partial charge in [-0.2, -0.15) is 8.42 Å². The Kier molecular flexibility index (Phi) is 8.54. The molecule has 1 aromatic heterocycles. The normalized spacial score (nSPS) is 19.2. The van der Waals surface area contributed by atoms with Gasteiger partial charge in [0.25, 0.3) is 21.8 Å². The maximum atomic E-state index is 14.0. The van der Waals surface area contributed by atoms with Gasteiger partial charge in [0, 0.05) is 17.3 Å². The van der Waals surface area contributed by atoms with Crippen molar-refractivity contribution < 1.29 is 27.6 Å². The first-order valence-electron chi connectivity index (χ1n) is 12.5. The third-order valence-corrected chi connectivity index (χ3v) is 9.19. The first-order valence-corrected chi connectivity index (χ1v) is 14.7. The molecule has 1 saturated heterocycles. The van der Waals surface area contributed by atoms with Crippen LogP contribution in [0.15, 0.2) is 47.6 Å². The fourth-order valence-electron chi connectivity index (χ4n) is 4.51. The van der Waals surface area contributed by atoms with Gasteiger partial charge >= 0.3 is 0 Å². The molecule has 10 nitrogen and oxygen atoms in total. The summed E-state index contributed by atoms with van der Waals surface area (Å²) in [4.78, 5) is 57.0. The molecule has 2 N–H and O–H groups in total. The lowest BCUT2D eigenvalue weighted by Crippen LogP contribution is -2.58. The summed E-state index contributed by atoms with van der Waals surface area (Å²) in [6, 6.07) is 6.61. The number of benzene rings is 1. The smallest absolute Gasteiger partial charge is 0.288 e. The standard InChI is InChI=1S/C26H30N4O6S2/c1-16(2)13-18(29-24(33)23-14-17-7-3-4-10-22(17)37-23)26(34)30(19-8-5-11-27-15-21(19)32)38(35,36)25-20(31)9-6-12-28-25/h3-4,6-7,10,12,14,16,18-19,27H,5,8-9,11,13,15H2,1-2H3,(H,29,33)/t18?,19-/m0/s1. The van der Waals surface area contributed by atoms with E-state index < -0.39 is 50.5 Å². The summed E-state index contributed by atoms with van der Waals surface area (Å²) < 4.78 is 29.0. The van der Waals surface area contributed by atoms with Crippen molar-refractivity contribution in [2.75, 3.05) is 13.1 Å². The molecule has 0 saturated carbocycles. The van der Waals surface area contributed by atoms with E-state index in [1.165, 1.54) is 23.6 Å². The van der Waals surface area contributed by atoms with Crippen LogP contribution in [-0.2, 0) is 24.4 Å². The zero-order valence-electron chi connectivity index (χ0n) is 21.2. The van der Waals surface area contributed by atoms with E-state index in [9.17, 15) is 27.6 Å². The largest absolute Gasteiger partial charge is 0.339 e. The Morgan fingerprint density at radius 2 is 2.00 bits per heavy atom. The van der Waals surface area contributed by atoms with Gasteiger partial charge in [-0.25, -0.2) is 9.30 Å². The van der Waals surface area contributed by atoms with Crippen molar-refractivity contribution in [2.45, 2.75) is 51.6 Å². The molecule has 2 aromatic rings. The van der Waals surface area contributed by atoms with E-state index in [-0.39, 0.29) is 31.7 Å². The highest BCUT2D eigenvalue weighted by molar-refractivity contribution is 8.06. The van der Waals surface area contributed by atoms with Crippen molar-refractivity contribution >= 4 is 59.9 Å². The van der Waals surface area contributed by atoms with Crippen molar-refractivity contribution in [2.24, 2.45) is 10.9 Å². The molecule has 3 heterocycles. The molecule has 0 radical (unpaired) electrons. The van der Waals surface area contributed by atoms with Gasteiger partial charge < -0.3 is 10.6 Å². The van der Waals surface area contributed by atoms with Crippen molar-refractivity contribution in [1.82, 2.24) is 14.9 Å². The molecule has 0 spiro atoms. The Balaban J connectivity index is 1.73. The lowest BCUT2D eigenvalue weighted by molar-refractivity contribution is -0.135. The molecule has 38 heavy (non-hydrogen) atoms. The Morgan fingerprint density at radius 1 is 1.24 bits per heavy atom. The molecule has 1 aromatic carbocycles. The average molecular weight is 559 g/mol. The highest BCUT2D eigenvalue weighted by atomic mass is 32.2. The van der Waals surface area contributed by atoms with Crippen molar-refractivity contribution in [3.8, 4) is 0 Å². The zero-order chi connectivity index (χ0) is 27.4. The molecule has 202 valence electrons. The van der Waals surface area contributed by atoms with Crippen LogP contribution < -0.4 is 10.6 Å². The number of nitrogens with one attached hydrogen (secondary N) is 2. The Bertz CT molecular complexity index is 1390. The fourth-order valence-corrected chi connectivity index (χ4v) is 7.15. The van der Waals surface area contributed by atoms with Gasteiger partial charge in [0.15, 0.2) is 11.6 Å². The van der Waals surface area contributed by atoms with Gasteiger partial charge in [-0.05, 0) is 49.2 Å². The number of fused-ring (bicyclic) bond motifs is 1. The van der Waals surface area contributed by atoms with E-state index in [1.807, 2.05) is 38.1 Å². The van der Waals surface area contributed by atoms with Gasteiger partial charge in [-0.1, -0.05) is 38.1 Å². The number of rotatable bonds is 6. The third kappa shape index (κ3) is 5.92. The van der Waals surface area contributed by atoms with Crippen LogP contribution in [0.5, 0.6) is 0 Å². The van der Waals surface area contributed by atoms with Crippen LogP contribution in [0.4, 0.5) is 0 Å². The number of hydrogen-bond acceptors (Lipinski definition) is 9. The van der Waals surface area contributed by atoms with Gasteiger partial charge in [-0.3, -0.25) is 19.2 Å². The molecule has 12 heteroatoms. The maximum absolute atomic E-state index is 14.0. The third-order valence-electron chi connectivity index (χ3n) is 6.30. The summed E-state index contributed by atoms with van der Waals surface area (Å²) in [5, 5.41) is 5.73. The summed E-state index contributed by atoms with van der Waals surface area (Å²) in [6.45, 7) is 4.04. The van der Waals surface area contributed by atoms with E-state index >= 15 is 0 Å². The van der Waals surface area contributed by atoms with E-state index in [2.05, 4.69) is 15.6 Å². The Hall–Kier alpha value is -3.22. The molecule has 2 aliphatic heterocycles. The van der Waals surface area contributed by atoms with Gasteiger partial charge in [-0.15, -0.1) is 11.3 Å². The van der Waals surface area contributed by atoms with Gasteiger partial charge in [0.2, 0.25) is 5.04 Å². The van der Waals surface area contributed by atoms with E-state index in [1.54, 1.807) is 6.07 Å². The van der Waals surface area contributed by atoms with Crippen molar-refractivity contribution in [3.05, 3.63) is 47.5 Å². The summed E-state index contributed by atoms with van der Waals surface area (Å²) in [6.07, 6.45) is 3.09. The van der Waals surface area contributed by atoms with Crippen LogP contribution in [0, 0.1) is 5.92 Å². The Labute approximate surface area is 225 Å². The minimum atomic E-state index is -4.79. The number of carbonyl (C=O) groups is 4. The molecule has 2 amide bonds. The SMILES string of the molecule is CC(C)CC(NC(=O)c1cc2ccccc2s1)C(=O)N([C@H]1CCCNCC1=O)S(=O)(=O)C1=NC=CCC1=O. The summed E-state index contributed by atoms with van der Waals surface area (Å²) in [5.41, 5.74) is 0. The quantitative estimate of drug-likeness (QED) is 0.554. The van der Waals surface area contributed by atoms with Crippen LogP contribution in [0.2, 0.25) is 0 Å². The second-order valence-corrected chi connectivity index (χ2v) is 12.5. The monoisotopic (exact) mass is 558 g/mol. The van der Waals surface area contributed by atoms with Crippen LogP contribution in [0.25, 0.3) is 10.1 Å². The molecule has 2 aliphatic rings. The first kappa shape index (κ1) is 27.8. The molecule has 0 bridgehead atoms. The number of ketones is 2. The molecular weight excluding hydrogens is 528 g/mol. The van der Waals surface area contributed by atoms with Crippen LogP contribution in [0.3, 0.4) is 0 Å². The van der Waals surface area contributed by atoms with Crippen molar-refractivity contribution in [3.63, 3.8) is 0 Å². The predicted molar refractivity (Wildman–Crippen MR) is 145 cm³/mol. The van der Waals surface area contributed by atoms with E-state index in [0.717, 1.165) is 10.1 Å². The topological polar surface area (TPSA) is 142 Å². The number of aliphatic imine (C=N–C) groups is 1. The van der Waals surface area contributed by atoms with E-state index in [4.69, 9.17) is 0 Å². The number of carbonyl (C=O) groups excluding carboxylic acids is 4. The first-order chi connectivity index (χ1) is 18.1. The van der Waals surface area contributed by atoms with Crippen LogP contribution in [0.1, 0.15) is 49.2 Å². The number of sulfonamides is 1. The van der Waals surface area contributed by atoms with Crippen LogP contribution >= 0.6 is 11.3 Å². The number of allylic oxidation sites excluding steroid dienone is 1. The molecule has 1 unspecified atom stereocenters. The lowest BCUT2D eigenvalue weighted by atomic mass is 10.0. The number of amides is 2. The highest BCUT2D eigenvalue weighted by Gasteiger charge is 2.46. The minimum Gasteiger partial charge on any atom is -0.339 e. The average Bonchev–Trinajstić information content (AvgIpc) is 3.21. The number of nitrogens with zero attached hydrogens (tertiary/aromatic N) is 2. The number of Topliss-reactive ketones (excluding diaryl/α,β-unsaturated/α-hetero) is 2. The molecule has 1 fully saturated rings. The molecule has 0 aliphatic carbocycles. The van der Waals surface area contributed by atoms with Gasteiger partial charge in [0.1, 0.15) is 12.1 Å². The second-order valence-electron chi connectivity index (χ2n) is 9.69.